The molecule has 1 aliphatic heterocycles. The number of carboxylic acid groups (broad SMARTS) is 1. The molecule has 28 nitrogen and oxygen atoms in total. The summed E-state index contributed by atoms with van der Waals surface area (Å²) in [6, 6.07) is 12.7. The summed E-state index contributed by atoms with van der Waals surface area (Å²) in [4.78, 5) is 191. The van der Waals surface area contributed by atoms with Gasteiger partial charge >= 0.3 is 5.97 Å². The molecule has 1 heterocycles. The van der Waals surface area contributed by atoms with Gasteiger partial charge in [0.2, 0.25) is 65.0 Å². The Morgan fingerprint density at radius 3 is 1.43 bits per heavy atom. The number of aldehydes is 1. The van der Waals surface area contributed by atoms with Crippen LogP contribution in [-0.2, 0) is 81.6 Å². The van der Waals surface area contributed by atoms with Gasteiger partial charge in [0.25, 0.3) is 0 Å². The standard InChI is InChI=1S/C76H115N13O15/c1-46(2)37-57(86(14)74(103)63(48(5)6)79-44-76(11,77)45-90)69(98)83-64(51(10)91)75(104)87(15)58(40-53-31-23-18-24-32-53)67(96)78-43-61(92)84(12)60(38-47(3)4)73(102)88(16)65(49(7)8)70(99)81-55(39-52-29-21-17-22-30-52)66(95)82-56(42-62(93)94)72(101)85(13)59(41-54-33-25-19-26-34-54)68(97)80-50(9)71(100)89-35-27-20-28-36-89/h17-19,21-26,29-34,45-51,55-60,63-65,79,91H,20,27-28,35-44,77H2,1-16H3,(H,78,96)(H,80,97)(H,81,99)(H,82,95)(H,83,98)(H,93,94)/t50-,51+,55-,56-,57-,58-,59?,60-,63-,64-,65-,76-/m0/s1. The van der Waals surface area contributed by atoms with Gasteiger partial charge in [-0.2, -0.15) is 0 Å². The highest BCUT2D eigenvalue weighted by Gasteiger charge is 2.43. The molecule has 1 unspecified atom stereocenters. The molecule has 3 aromatic carbocycles. The van der Waals surface area contributed by atoms with Crippen LogP contribution in [0.5, 0.6) is 0 Å². The summed E-state index contributed by atoms with van der Waals surface area (Å²) in [5.74, 6) is -11.0. The summed E-state index contributed by atoms with van der Waals surface area (Å²) < 4.78 is 0. The van der Waals surface area contributed by atoms with Gasteiger partial charge in [0.05, 0.1) is 30.7 Å². The molecular weight excluding hydrogens is 1330 g/mol. The lowest BCUT2D eigenvalue weighted by Crippen LogP contribution is -2.62. The number of likely N-dealkylation sites (tertiary alicyclic amines) is 1. The van der Waals surface area contributed by atoms with Crippen LogP contribution < -0.4 is 37.6 Å². The number of benzene rings is 3. The maximum Gasteiger partial charge on any atom is 0.305 e. The van der Waals surface area contributed by atoms with E-state index in [1.54, 1.807) is 131 Å². The van der Waals surface area contributed by atoms with E-state index in [2.05, 4.69) is 31.9 Å². The SMILES string of the molecule is CC(C)C[C@@H](C(=O)N(C)[C@H](C(=O)N[C@@H](Cc1ccccc1)C(=O)N[C@@H](CC(=O)O)C(=O)N(C)C(Cc1ccccc1)C(=O)N[C@@H](C)C(=O)N1CCCCC1)C(C)C)N(C)C(=O)CNC(=O)[C@H](Cc1ccccc1)N(C)C(=O)[C@@H](NC(=O)[C@H](CC(C)C)N(C)C(=O)[C@@H](NC[C@](C)(N)C=O)C(C)C)[C@@H](C)O. The number of aliphatic hydroxyl groups excluding tert-OH is 1. The second-order valence-electron chi connectivity index (χ2n) is 29.4. The van der Waals surface area contributed by atoms with Crippen LogP contribution in [0.25, 0.3) is 0 Å². The molecule has 0 aliphatic carbocycles. The molecule has 12 atom stereocenters. The van der Waals surface area contributed by atoms with E-state index in [4.69, 9.17) is 5.73 Å². The Bertz CT molecular complexity index is 3370. The molecule has 104 heavy (non-hydrogen) atoms. The number of carbonyl (C=O) groups is 13. The monoisotopic (exact) mass is 1450 g/mol. The second kappa shape index (κ2) is 41.4. The molecule has 28 heteroatoms. The number of aliphatic carboxylic acids is 1. The topological polar surface area (TPSA) is 380 Å². The quantitative estimate of drug-likeness (QED) is 0.0368. The number of nitrogens with one attached hydrogen (secondary N) is 6. The van der Waals surface area contributed by atoms with Crippen LogP contribution in [-0.4, -0.2) is 250 Å². The smallest absolute Gasteiger partial charge is 0.305 e. The van der Waals surface area contributed by atoms with Gasteiger partial charge in [-0.3, -0.25) is 57.5 Å². The van der Waals surface area contributed by atoms with E-state index < -0.39 is 156 Å². The number of amides is 11. The number of aliphatic hydroxyl groups is 1. The average Bonchev–Trinajstić information content (AvgIpc) is 0.830. The Morgan fingerprint density at radius 2 is 0.962 bits per heavy atom. The van der Waals surface area contributed by atoms with E-state index >= 15 is 4.79 Å². The number of rotatable bonds is 40. The summed E-state index contributed by atoms with van der Waals surface area (Å²) in [7, 11) is 6.80. The van der Waals surface area contributed by atoms with Crippen LogP contribution in [0.1, 0.15) is 131 Å². The zero-order valence-corrected chi connectivity index (χ0v) is 63.6. The number of nitrogens with zero attached hydrogens (tertiary/aromatic N) is 6. The van der Waals surface area contributed by atoms with Crippen LogP contribution in [0, 0.1) is 23.7 Å². The van der Waals surface area contributed by atoms with Crippen LogP contribution in [0.2, 0.25) is 0 Å². The van der Waals surface area contributed by atoms with E-state index in [1.807, 2.05) is 27.7 Å². The van der Waals surface area contributed by atoms with Crippen molar-refractivity contribution in [3.05, 3.63) is 108 Å². The molecule has 1 aliphatic rings. The predicted octanol–water partition coefficient (Wildman–Crippen LogP) is 2.07. The summed E-state index contributed by atoms with van der Waals surface area (Å²) >= 11 is 0. The van der Waals surface area contributed by atoms with Crippen molar-refractivity contribution in [3.63, 3.8) is 0 Å². The first-order chi connectivity index (χ1) is 48.8. The minimum atomic E-state index is -1.79. The zero-order chi connectivity index (χ0) is 78.0. The fraction of sp³-hybridized carbons (Fsp3) is 0.592. The van der Waals surface area contributed by atoms with E-state index in [0.717, 1.165) is 34.0 Å². The molecule has 0 bridgehead atoms. The van der Waals surface area contributed by atoms with Crippen LogP contribution in [0.3, 0.4) is 0 Å². The predicted molar refractivity (Wildman–Crippen MR) is 393 cm³/mol. The number of likely N-dealkylation sites (N-methyl/N-ethyl adjacent to an activating group) is 5. The Balaban J connectivity index is 1.61. The summed E-state index contributed by atoms with van der Waals surface area (Å²) in [5.41, 5.74) is 6.56. The van der Waals surface area contributed by atoms with Gasteiger partial charge < -0.3 is 82.0 Å². The Kier molecular flexibility index (Phi) is 34.7. The molecular formula is C76H115N13O15. The minimum absolute atomic E-state index is 0.0426. The van der Waals surface area contributed by atoms with Crippen LogP contribution in [0.15, 0.2) is 91.0 Å². The Labute approximate surface area is 613 Å². The third kappa shape index (κ3) is 26.2. The third-order valence-corrected chi connectivity index (χ3v) is 18.8. The lowest BCUT2D eigenvalue weighted by Gasteiger charge is -2.37. The van der Waals surface area contributed by atoms with Crippen molar-refractivity contribution in [1.29, 1.82) is 0 Å². The fourth-order valence-electron chi connectivity index (χ4n) is 12.6. The minimum Gasteiger partial charge on any atom is -0.481 e. The van der Waals surface area contributed by atoms with Crippen molar-refractivity contribution >= 4 is 77.2 Å². The fourth-order valence-corrected chi connectivity index (χ4v) is 12.6. The van der Waals surface area contributed by atoms with Gasteiger partial charge in [-0.15, -0.1) is 0 Å². The summed E-state index contributed by atoms with van der Waals surface area (Å²) in [6.45, 7) is 18.9. The first-order valence-corrected chi connectivity index (χ1v) is 35.9. The lowest BCUT2D eigenvalue weighted by molar-refractivity contribution is -0.150. The average molecular weight is 1450 g/mol. The summed E-state index contributed by atoms with van der Waals surface area (Å²) in [5, 5.41) is 37.9. The number of hydrogen-bond donors (Lipinski definition) is 9. The second-order valence-corrected chi connectivity index (χ2v) is 29.4. The largest absolute Gasteiger partial charge is 0.481 e. The van der Waals surface area contributed by atoms with Gasteiger partial charge in [-0.05, 0) is 93.2 Å². The molecule has 0 saturated carbocycles. The van der Waals surface area contributed by atoms with Crippen molar-refractivity contribution in [3.8, 4) is 0 Å². The van der Waals surface area contributed by atoms with E-state index in [0.29, 0.717) is 36.1 Å². The van der Waals surface area contributed by atoms with E-state index in [9.17, 15) is 67.7 Å². The first kappa shape index (κ1) is 87.3. The van der Waals surface area contributed by atoms with Crippen molar-refractivity contribution in [2.75, 3.05) is 61.4 Å². The molecule has 574 valence electrons. The van der Waals surface area contributed by atoms with E-state index in [-0.39, 0.29) is 62.3 Å². The maximum atomic E-state index is 15.1. The summed E-state index contributed by atoms with van der Waals surface area (Å²) in [6.07, 6.45) is 0.566. The van der Waals surface area contributed by atoms with Crippen molar-refractivity contribution in [2.45, 2.75) is 206 Å². The van der Waals surface area contributed by atoms with Gasteiger partial charge in [0.1, 0.15) is 60.7 Å². The Morgan fingerprint density at radius 1 is 0.510 bits per heavy atom. The molecule has 4 rings (SSSR count). The van der Waals surface area contributed by atoms with Gasteiger partial charge in [0, 0.05) is 74.1 Å². The molecule has 0 spiro atoms. The van der Waals surface area contributed by atoms with Crippen LogP contribution >= 0.6 is 0 Å². The zero-order valence-electron chi connectivity index (χ0n) is 63.6. The van der Waals surface area contributed by atoms with Gasteiger partial charge in [0.15, 0.2) is 0 Å². The number of piperidine rings is 1. The van der Waals surface area contributed by atoms with Crippen LogP contribution in [0.4, 0.5) is 0 Å². The molecule has 0 radical (unpaired) electrons. The highest BCUT2D eigenvalue weighted by molar-refractivity contribution is 5.99. The van der Waals surface area contributed by atoms with Crippen molar-refractivity contribution in [2.24, 2.45) is 29.4 Å². The molecule has 0 aromatic heterocycles. The lowest BCUT2D eigenvalue weighted by atomic mass is 9.96. The highest BCUT2D eigenvalue weighted by atomic mass is 16.4. The number of carboxylic acids is 1. The molecule has 10 N–H and O–H groups in total. The molecule has 1 fully saturated rings. The van der Waals surface area contributed by atoms with Gasteiger partial charge in [-0.25, -0.2) is 0 Å². The first-order valence-electron chi connectivity index (χ1n) is 35.9. The van der Waals surface area contributed by atoms with E-state index in [1.165, 1.54) is 58.9 Å². The molecule has 1 saturated heterocycles. The maximum absolute atomic E-state index is 15.1. The number of carbonyl (C=O) groups excluding carboxylic acids is 12. The molecule has 11 amide bonds. The third-order valence-electron chi connectivity index (χ3n) is 18.8. The molecule has 3 aromatic rings. The normalized spacial score (nSPS) is 16.1. The Hall–Kier alpha value is -9.15. The number of hydrogen-bond acceptors (Lipinski definition) is 16. The van der Waals surface area contributed by atoms with Gasteiger partial charge in [-0.1, -0.05) is 146 Å². The highest BCUT2D eigenvalue weighted by Crippen LogP contribution is 2.22. The van der Waals surface area contributed by atoms with Crippen molar-refractivity contribution < 1.29 is 72.5 Å². The number of nitrogens with two attached hydrogens (primary N) is 1. The van der Waals surface area contributed by atoms with Crippen molar-refractivity contribution in [1.82, 2.24) is 61.3 Å².